The van der Waals surface area contributed by atoms with Gasteiger partial charge >= 0.3 is 11.9 Å². The van der Waals surface area contributed by atoms with Crippen molar-refractivity contribution >= 4 is 11.9 Å². The van der Waals surface area contributed by atoms with E-state index in [-0.39, 0.29) is 17.7 Å². The molecule has 0 bridgehead atoms. The summed E-state index contributed by atoms with van der Waals surface area (Å²) in [5.74, 6) is -0.388. The Kier molecular flexibility index (Phi) is 7.44. The number of carboxylic acid groups (broad SMARTS) is 1. The number of carbonyl (C=O) groups is 2. The molecule has 7 nitrogen and oxygen atoms in total. The molecule has 0 atom stereocenters. The fourth-order valence-electron chi connectivity index (χ4n) is 3.68. The van der Waals surface area contributed by atoms with Crippen LogP contribution in [0.3, 0.4) is 0 Å². The molecule has 0 radical (unpaired) electrons. The van der Waals surface area contributed by atoms with E-state index in [4.69, 9.17) is 14.7 Å². The number of aromatic carboxylic acids is 1. The summed E-state index contributed by atoms with van der Waals surface area (Å²) in [6.07, 6.45) is 0. The summed E-state index contributed by atoms with van der Waals surface area (Å²) in [6, 6.07) is 24.6. The largest absolute Gasteiger partial charge is 0.478 e. The molecule has 4 aromatic carbocycles. The van der Waals surface area contributed by atoms with E-state index < -0.39 is 11.9 Å². The second kappa shape index (κ2) is 10.9. The maximum Gasteiger partial charge on any atom is 0.344 e. The summed E-state index contributed by atoms with van der Waals surface area (Å²) in [4.78, 5) is 28.3. The molecule has 2 N–H and O–H groups in total. The van der Waals surface area contributed by atoms with Crippen molar-refractivity contribution < 1.29 is 34.3 Å². The maximum absolute atomic E-state index is 12.6. The summed E-state index contributed by atoms with van der Waals surface area (Å²) in [7, 11) is 0. The van der Waals surface area contributed by atoms with Gasteiger partial charge in [-0.15, -0.1) is 0 Å². The van der Waals surface area contributed by atoms with E-state index in [1.165, 1.54) is 12.1 Å². The zero-order chi connectivity index (χ0) is 25.7. The first-order valence-electron chi connectivity index (χ1n) is 11.1. The summed E-state index contributed by atoms with van der Waals surface area (Å²) in [6.45, 7) is 3.75. The smallest absolute Gasteiger partial charge is 0.344 e. The molecule has 0 saturated heterocycles. The van der Waals surface area contributed by atoms with Gasteiger partial charge in [0.05, 0.1) is 11.1 Å². The second-order valence-electron chi connectivity index (χ2n) is 8.28. The van der Waals surface area contributed by atoms with E-state index in [1.807, 2.05) is 61.5 Å². The molecule has 0 aliphatic carbocycles. The highest BCUT2D eigenvalue weighted by Gasteiger charge is 2.18. The van der Waals surface area contributed by atoms with E-state index in [0.29, 0.717) is 17.2 Å². The molecular formula is C29H24O7. The molecule has 0 fully saturated rings. The number of benzene rings is 4. The number of aryl methyl sites for hydroxylation is 2. The predicted octanol–water partition coefficient (Wildman–Crippen LogP) is 6.67. The molecule has 0 aromatic heterocycles. The molecule has 0 amide bonds. The Balaban J connectivity index is 1.46. The van der Waals surface area contributed by atoms with Crippen molar-refractivity contribution in [1.82, 2.24) is 0 Å². The van der Waals surface area contributed by atoms with Crippen LogP contribution < -0.4 is 9.47 Å². The Labute approximate surface area is 208 Å². The highest BCUT2D eigenvalue weighted by molar-refractivity contribution is 6.03. The van der Waals surface area contributed by atoms with Crippen molar-refractivity contribution in [2.24, 2.45) is 0 Å². The number of hydrogen-bond donors (Lipinski definition) is 2. The van der Waals surface area contributed by atoms with Crippen molar-refractivity contribution in [1.29, 1.82) is 0 Å². The number of carbonyl (C=O) groups excluding carboxylic acids is 1. The topological polar surface area (TPSA) is 102 Å². The highest BCUT2D eigenvalue weighted by atomic mass is 17.1. The van der Waals surface area contributed by atoms with Crippen LogP contribution in [0.5, 0.6) is 17.2 Å². The minimum Gasteiger partial charge on any atom is -0.478 e. The molecular weight excluding hydrogens is 460 g/mol. The number of carboxylic acids is 1. The number of esters is 1. The van der Waals surface area contributed by atoms with Crippen LogP contribution in [0.1, 0.15) is 37.4 Å². The Bertz CT molecular complexity index is 1390. The first kappa shape index (κ1) is 24.7. The standard InChI is InChI=1S/C29H24O7/c1-18-4-14-25(28(30)31)26(15-18)29(32)36-24-12-8-21(9-13-24)20-6-10-23(11-7-20)35-27-16-19(2)3-5-22(27)17-34-33/h3-16,33H,17H2,1-2H3,(H,30,31). The lowest BCUT2D eigenvalue weighted by Crippen LogP contribution is -2.14. The van der Waals surface area contributed by atoms with Crippen LogP contribution in [0.2, 0.25) is 0 Å². The van der Waals surface area contributed by atoms with Crippen molar-refractivity contribution in [3.8, 4) is 28.4 Å². The maximum atomic E-state index is 12.6. The summed E-state index contributed by atoms with van der Waals surface area (Å²) in [5, 5.41) is 18.2. The number of hydrogen-bond acceptors (Lipinski definition) is 6. The van der Waals surface area contributed by atoms with E-state index in [1.54, 1.807) is 25.1 Å². The normalized spacial score (nSPS) is 10.6. The van der Waals surface area contributed by atoms with E-state index in [2.05, 4.69) is 4.89 Å². The van der Waals surface area contributed by atoms with Crippen LogP contribution in [0.25, 0.3) is 11.1 Å². The highest BCUT2D eigenvalue weighted by Crippen LogP contribution is 2.30. The monoisotopic (exact) mass is 484 g/mol. The third-order valence-corrected chi connectivity index (χ3v) is 5.55. The fourth-order valence-corrected chi connectivity index (χ4v) is 3.68. The van der Waals surface area contributed by atoms with Gasteiger partial charge in [0, 0.05) is 5.56 Å². The van der Waals surface area contributed by atoms with Gasteiger partial charge < -0.3 is 14.6 Å². The summed E-state index contributed by atoms with van der Waals surface area (Å²) < 4.78 is 11.4. The predicted molar refractivity (Wildman–Crippen MR) is 134 cm³/mol. The third-order valence-electron chi connectivity index (χ3n) is 5.55. The van der Waals surface area contributed by atoms with Crippen molar-refractivity contribution in [3.05, 3.63) is 113 Å². The average Bonchev–Trinajstić information content (AvgIpc) is 2.86. The van der Waals surface area contributed by atoms with Gasteiger partial charge in [-0.2, -0.15) is 0 Å². The third kappa shape index (κ3) is 5.78. The van der Waals surface area contributed by atoms with E-state index in [9.17, 15) is 14.7 Å². The van der Waals surface area contributed by atoms with Gasteiger partial charge in [-0.1, -0.05) is 48.0 Å². The molecule has 7 heteroatoms. The minimum atomic E-state index is -1.19. The van der Waals surface area contributed by atoms with Crippen LogP contribution in [0.15, 0.2) is 84.9 Å². The van der Waals surface area contributed by atoms with Gasteiger partial charge in [0.15, 0.2) is 0 Å². The molecule has 0 spiro atoms. The molecule has 0 saturated carbocycles. The Morgan fingerprint density at radius 2 is 1.31 bits per heavy atom. The number of ether oxygens (including phenoxy) is 2. The van der Waals surface area contributed by atoms with Crippen LogP contribution >= 0.6 is 0 Å². The molecule has 0 unspecified atom stereocenters. The van der Waals surface area contributed by atoms with Gasteiger partial charge in [-0.3, -0.25) is 5.26 Å². The Morgan fingerprint density at radius 3 is 1.92 bits per heavy atom. The van der Waals surface area contributed by atoms with E-state index in [0.717, 1.165) is 27.8 Å². The quantitative estimate of drug-likeness (QED) is 0.125. The molecule has 182 valence electrons. The first-order valence-corrected chi connectivity index (χ1v) is 11.1. The van der Waals surface area contributed by atoms with Gasteiger partial charge in [-0.05, 0) is 73.0 Å². The lowest BCUT2D eigenvalue weighted by molar-refractivity contribution is -0.253. The average molecular weight is 485 g/mol. The second-order valence-corrected chi connectivity index (χ2v) is 8.28. The van der Waals surface area contributed by atoms with Gasteiger partial charge in [-0.25, -0.2) is 14.5 Å². The number of rotatable bonds is 8. The lowest BCUT2D eigenvalue weighted by Gasteiger charge is -2.12. The zero-order valence-electron chi connectivity index (χ0n) is 19.7. The van der Waals surface area contributed by atoms with Gasteiger partial charge in [0.1, 0.15) is 23.9 Å². The fraction of sp³-hybridized carbons (Fsp3) is 0.103. The molecule has 0 aliphatic heterocycles. The molecule has 36 heavy (non-hydrogen) atoms. The first-order chi connectivity index (χ1) is 17.3. The Hall–Kier alpha value is -4.46. The molecule has 4 rings (SSSR count). The SMILES string of the molecule is Cc1ccc(COO)c(Oc2ccc(-c3ccc(OC(=O)c4cc(C)ccc4C(=O)O)cc3)cc2)c1. The zero-order valence-corrected chi connectivity index (χ0v) is 19.7. The van der Waals surface area contributed by atoms with Crippen molar-refractivity contribution in [3.63, 3.8) is 0 Å². The summed E-state index contributed by atoms with van der Waals surface area (Å²) >= 11 is 0. The van der Waals surface area contributed by atoms with Crippen LogP contribution in [0.4, 0.5) is 0 Å². The molecule has 0 heterocycles. The van der Waals surface area contributed by atoms with Crippen LogP contribution in [-0.4, -0.2) is 22.3 Å². The summed E-state index contributed by atoms with van der Waals surface area (Å²) in [5.41, 5.74) is 4.22. The van der Waals surface area contributed by atoms with Crippen LogP contribution in [0, 0.1) is 13.8 Å². The van der Waals surface area contributed by atoms with Crippen LogP contribution in [-0.2, 0) is 11.5 Å². The van der Waals surface area contributed by atoms with Crippen molar-refractivity contribution in [2.75, 3.05) is 0 Å². The lowest BCUT2D eigenvalue weighted by atomic mass is 10.0. The van der Waals surface area contributed by atoms with E-state index >= 15 is 0 Å². The molecule has 0 aliphatic rings. The molecule has 4 aromatic rings. The minimum absolute atomic E-state index is 0.00415. The van der Waals surface area contributed by atoms with Crippen molar-refractivity contribution in [2.45, 2.75) is 20.5 Å². The Morgan fingerprint density at radius 1 is 0.722 bits per heavy atom. The van der Waals surface area contributed by atoms with Gasteiger partial charge in [0.25, 0.3) is 0 Å². The van der Waals surface area contributed by atoms with Gasteiger partial charge in [0.2, 0.25) is 0 Å².